The van der Waals surface area contributed by atoms with Gasteiger partial charge in [0.05, 0.1) is 5.69 Å². The van der Waals surface area contributed by atoms with Crippen molar-refractivity contribution in [2.45, 2.75) is 13.3 Å². The van der Waals surface area contributed by atoms with Crippen LogP contribution in [0.15, 0.2) is 42.5 Å². The van der Waals surface area contributed by atoms with Crippen LogP contribution in [0.4, 0.5) is 5.82 Å². The van der Waals surface area contributed by atoms with Crippen LogP contribution in [0, 0.1) is 6.92 Å². The van der Waals surface area contributed by atoms with Crippen molar-refractivity contribution in [3.8, 4) is 11.3 Å². The van der Waals surface area contributed by atoms with Crippen molar-refractivity contribution in [2.75, 3.05) is 18.0 Å². The molecule has 0 amide bonds. The minimum Gasteiger partial charge on any atom is -0.356 e. The van der Waals surface area contributed by atoms with Gasteiger partial charge in [0.25, 0.3) is 0 Å². The summed E-state index contributed by atoms with van der Waals surface area (Å²) in [5.41, 5.74) is 4.07. The molecule has 20 heavy (non-hydrogen) atoms. The number of benzene rings is 1. The first-order chi connectivity index (χ1) is 9.81. The topological polar surface area (TPSA) is 33.4 Å². The Labute approximate surface area is 117 Å². The van der Waals surface area contributed by atoms with Gasteiger partial charge in [-0.3, -0.25) is 0 Å². The van der Waals surface area contributed by atoms with Crippen molar-refractivity contribution in [1.29, 1.82) is 0 Å². The van der Waals surface area contributed by atoms with Gasteiger partial charge in [-0.2, -0.15) is 9.61 Å². The second-order valence-electron chi connectivity index (χ2n) is 5.26. The quantitative estimate of drug-likeness (QED) is 0.713. The van der Waals surface area contributed by atoms with Gasteiger partial charge >= 0.3 is 0 Å². The Hall–Kier alpha value is -2.36. The van der Waals surface area contributed by atoms with E-state index in [0.29, 0.717) is 0 Å². The van der Waals surface area contributed by atoms with Gasteiger partial charge in [-0.15, -0.1) is 0 Å². The number of nitrogens with zero attached hydrogens (tertiary/aromatic N) is 4. The van der Waals surface area contributed by atoms with Crippen LogP contribution in [0.1, 0.15) is 12.1 Å². The highest BCUT2D eigenvalue weighted by Crippen LogP contribution is 2.25. The van der Waals surface area contributed by atoms with Crippen LogP contribution in [-0.2, 0) is 0 Å². The van der Waals surface area contributed by atoms with E-state index in [-0.39, 0.29) is 0 Å². The fraction of sp³-hybridized carbons (Fsp3) is 0.250. The Balaban J connectivity index is 1.90. The van der Waals surface area contributed by atoms with Crippen LogP contribution in [-0.4, -0.2) is 27.7 Å². The van der Waals surface area contributed by atoms with Gasteiger partial charge in [-0.25, -0.2) is 4.98 Å². The molecule has 1 aliphatic heterocycles. The van der Waals surface area contributed by atoms with Crippen molar-refractivity contribution >= 4 is 11.5 Å². The van der Waals surface area contributed by atoms with Gasteiger partial charge < -0.3 is 4.90 Å². The summed E-state index contributed by atoms with van der Waals surface area (Å²) in [6.07, 6.45) is 1.26. The van der Waals surface area contributed by atoms with Crippen LogP contribution in [0.3, 0.4) is 0 Å². The zero-order valence-electron chi connectivity index (χ0n) is 11.5. The summed E-state index contributed by atoms with van der Waals surface area (Å²) in [6, 6.07) is 14.4. The van der Waals surface area contributed by atoms with Gasteiger partial charge in [-0.1, -0.05) is 30.3 Å². The predicted molar refractivity (Wildman–Crippen MR) is 80.0 cm³/mol. The third-order valence-electron chi connectivity index (χ3n) is 3.79. The van der Waals surface area contributed by atoms with Gasteiger partial charge in [0, 0.05) is 36.5 Å². The molecule has 0 unspecified atom stereocenters. The Bertz CT molecular complexity index is 757. The fourth-order valence-electron chi connectivity index (χ4n) is 2.60. The maximum atomic E-state index is 4.74. The van der Waals surface area contributed by atoms with Gasteiger partial charge in [0.15, 0.2) is 5.65 Å². The molecule has 4 rings (SSSR count). The highest BCUT2D eigenvalue weighted by Gasteiger charge is 2.19. The van der Waals surface area contributed by atoms with Crippen molar-refractivity contribution in [3.63, 3.8) is 0 Å². The minimum absolute atomic E-state index is 0.922. The zero-order valence-corrected chi connectivity index (χ0v) is 11.5. The molecule has 100 valence electrons. The largest absolute Gasteiger partial charge is 0.356 e. The Morgan fingerprint density at radius 3 is 2.55 bits per heavy atom. The van der Waals surface area contributed by atoms with Crippen molar-refractivity contribution in [1.82, 2.24) is 14.6 Å². The lowest BCUT2D eigenvalue weighted by molar-refractivity contribution is 0.599. The summed E-state index contributed by atoms with van der Waals surface area (Å²) in [4.78, 5) is 6.95. The molecule has 0 saturated carbocycles. The van der Waals surface area contributed by atoms with E-state index in [2.05, 4.69) is 34.1 Å². The third-order valence-corrected chi connectivity index (χ3v) is 3.79. The number of aromatic nitrogens is 3. The summed E-state index contributed by atoms with van der Waals surface area (Å²) >= 11 is 0. The summed E-state index contributed by atoms with van der Waals surface area (Å²) in [7, 11) is 0. The Kier molecular flexibility index (Phi) is 2.49. The molecule has 1 aromatic carbocycles. The monoisotopic (exact) mass is 264 g/mol. The summed E-state index contributed by atoms with van der Waals surface area (Å²) in [5.74, 6) is 1.15. The number of hydrogen-bond donors (Lipinski definition) is 0. The lowest BCUT2D eigenvalue weighted by Crippen LogP contribution is -2.38. The van der Waals surface area contributed by atoms with E-state index in [9.17, 15) is 0 Å². The number of fused-ring (bicyclic) bond motifs is 1. The van der Waals surface area contributed by atoms with E-state index < -0.39 is 0 Å². The minimum atomic E-state index is 0.922. The molecule has 0 N–H and O–H groups in total. The average molecular weight is 264 g/mol. The molecule has 0 bridgehead atoms. The van der Waals surface area contributed by atoms with E-state index in [4.69, 9.17) is 5.10 Å². The standard InChI is InChI=1S/C16H16N4/c1-12-10-16(19-8-5-9-19)20-15(17-12)11-14(18-20)13-6-3-2-4-7-13/h2-4,6-7,10-11H,5,8-9H2,1H3. The first-order valence-electron chi connectivity index (χ1n) is 6.99. The molecule has 4 heteroatoms. The Morgan fingerprint density at radius 2 is 1.85 bits per heavy atom. The lowest BCUT2D eigenvalue weighted by atomic mass is 10.2. The maximum Gasteiger partial charge on any atom is 0.158 e. The zero-order chi connectivity index (χ0) is 13.5. The van der Waals surface area contributed by atoms with E-state index in [0.717, 1.165) is 41.5 Å². The lowest BCUT2D eigenvalue weighted by Gasteiger charge is -2.33. The molecule has 0 spiro atoms. The molecule has 0 atom stereocenters. The molecule has 1 fully saturated rings. The highest BCUT2D eigenvalue weighted by atomic mass is 15.4. The van der Waals surface area contributed by atoms with Crippen LogP contribution in [0.5, 0.6) is 0 Å². The molecule has 3 aromatic rings. The Morgan fingerprint density at radius 1 is 1.05 bits per heavy atom. The molecule has 0 radical (unpaired) electrons. The van der Waals surface area contributed by atoms with Gasteiger partial charge in [0.1, 0.15) is 5.82 Å². The van der Waals surface area contributed by atoms with Gasteiger partial charge in [0.2, 0.25) is 0 Å². The normalized spacial score (nSPS) is 14.6. The average Bonchev–Trinajstić information content (AvgIpc) is 2.81. The predicted octanol–water partition coefficient (Wildman–Crippen LogP) is 2.91. The molecule has 0 aliphatic carbocycles. The SMILES string of the molecule is Cc1cc(N2CCC2)n2nc(-c3ccccc3)cc2n1. The molecular weight excluding hydrogens is 248 g/mol. The van der Waals surface area contributed by atoms with E-state index in [1.807, 2.05) is 29.6 Å². The van der Waals surface area contributed by atoms with Crippen molar-refractivity contribution < 1.29 is 0 Å². The number of rotatable bonds is 2. The second-order valence-corrected chi connectivity index (χ2v) is 5.26. The summed E-state index contributed by atoms with van der Waals surface area (Å²) < 4.78 is 1.97. The van der Waals surface area contributed by atoms with E-state index in [1.54, 1.807) is 0 Å². The maximum absolute atomic E-state index is 4.74. The summed E-state index contributed by atoms with van der Waals surface area (Å²) in [6.45, 7) is 4.26. The van der Waals surface area contributed by atoms with Crippen LogP contribution in [0.25, 0.3) is 16.9 Å². The first kappa shape index (κ1) is 11.5. The van der Waals surface area contributed by atoms with E-state index >= 15 is 0 Å². The molecule has 3 heterocycles. The van der Waals surface area contributed by atoms with Gasteiger partial charge in [-0.05, 0) is 13.3 Å². The number of hydrogen-bond acceptors (Lipinski definition) is 3. The number of anilines is 1. The first-order valence-corrected chi connectivity index (χ1v) is 6.99. The van der Waals surface area contributed by atoms with Crippen molar-refractivity contribution in [3.05, 3.63) is 48.2 Å². The van der Waals surface area contributed by atoms with Crippen LogP contribution >= 0.6 is 0 Å². The fourth-order valence-corrected chi connectivity index (χ4v) is 2.60. The molecular formula is C16H16N4. The van der Waals surface area contributed by atoms with Crippen LogP contribution < -0.4 is 4.90 Å². The highest BCUT2D eigenvalue weighted by molar-refractivity contribution is 5.66. The third kappa shape index (κ3) is 1.76. The number of aryl methyl sites for hydroxylation is 1. The molecule has 4 nitrogen and oxygen atoms in total. The molecule has 2 aromatic heterocycles. The van der Waals surface area contributed by atoms with Crippen molar-refractivity contribution in [2.24, 2.45) is 0 Å². The molecule has 1 aliphatic rings. The van der Waals surface area contributed by atoms with Crippen LogP contribution in [0.2, 0.25) is 0 Å². The smallest absolute Gasteiger partial charge is 0.158 e. The van der Waals surface area contributed by atoms with E-state index in [1.165, 1.54) is 6.42 Å². The summed E-state index contributed by atoms with van der Waals surface area (Å²) in [5, 5.41) is 4.74. The molecule has 1 saturated heterocycles. The second kappa shape index (κ2) is 4.34.